The fraction of sp³-hybridized carbons (Fsp3) is 0.235. The predicted molar refractivity (Wildman–Crippen MR) is 77.8 cm³/mol. The molecule has 0 aliphatic heterocycles. The number of esters is 1. The zero-order valence-corrected chi connectivity index (χ0v) is 11.7. The van der Waals surface area contributed by atoms with E-state index in [1.807, 2.05) is 44.2 Å². The molecule has 0 spiro atoms. The Morgan fingerprint density at radius 2 is 1.65 bits per heavy atom. The zero-order valence-electron chi connectivity index (χ0n) is 11.7. The summed E-state index contributed by atoms with van der Waals surface area (Å²) in [6.07, 6.45) is 0.117. The molecule has 104 valence electrons. The number of hydrogen-bond donors (Lipinski definition) is 0. The van der Waals surface area contributed by atoms with Crippen molar-refractivity contribution in [3.05, 3.63) is 65.7 Å². The normalized spacial score (nSPS) is 10.3. The van der Waals surface area contributed by atoms with Gasteiger partial charge in [0.1, 0.15) is 12.4 Å². The van der Waals surface area contributed by atoms with Crippen LogP contribution in [0.4, 0.5) is 0 Å². The summed E-state index contributed by atoms with van der Waals surface area (Å²) in [5, 5.41) is 0. The van der Waals surface area contributed by atoms with Gasteiger partial charge in [0.2, 0.25) is 0 Å². The molecule has 20 heavy (non-hydrogen) atoms. The Labute approximate surface area is 119 Å². The molecule has 0 saturated heterocycles. The van der Waals surface area contributed by atoms with Crippen LogP contribution in [-0.4, -0.2) is 12.1 Å². The Balaban J connectivity index is 1.92. The topological polar surface area (TPSA) is 35.5 Å². The van der Waals surface area contributed by atoms with Crippen LogP contribution in [0.5, 0.6) is 5.75 Å². The Kier molecular flexibility index (Phi) is 4.77. The van der Waals surface area contributed by atoms with E-state index in [-0.39, 0.29) is 18.7 Å². The number of rotatable bonds is 5. The van der Waals surface area contributed by atoms with Gasteiger partial charge >= 0.3 is 5.97 Å². The molecule has 0 unspecified atom stereocenters. The van der Waals surface area contributed by atoms with Crippen molar-refractivity contribution < 1.29 is 14.3 Å². The zero-order chi connectivity index (χ0) is 14.4. The number of carbonyl (C=O) groups excluding carboxylic acids is 1. The van der Waals surface area contributed by atoms with Crippen LogP contribution < -0.4 is 4.74 Å². The molecule has 0 fully saturated rings. The molecule has 3 nitrogen and oxygen atoms in total. The fourth-order valence-corrected chi connectivity index (χ4v) is 1.75. The average Bonchev–Trinajstić information content (AvgIpc) is 2.46. The summed E-state index contributed by atoms with van der Waals surface area (Å²) in [5.74, 6) is 0.421. The van der Waals surface area contributed by atoms with Crippen LogP contribution in [0.2, 0.25) is 0 Å². The van der Waals surface area contributed by atoms with Crippen molar-refractivity contribution in [2.45, 2.75) is 26.6 Å². The van der Waals surface area contributed by atoms with Crippen LogP contribution in [0.1, 0.15) is 29.8 Å². The first-order chi connectivity index (χ1) is 9.65. The Hall–Kier alpha value is -2.29. The predicted octanol–water partition coefficient (Wildman–Crippen LogP) is 3.83. The molecule has 2 rings (SSSR count). The van der Waals surface area contributed by atoms with Gasteiger partial charge in [-0.05, 0) is 43.7 Å². The lowest BCUT2D eigenvalue weighted by Gasteiger charge is -2.10. The number of hydrogen-bond acceptors (Lipinski definition) is 3. The molecule has 0 saturated carbocycles. The summed E-state index contributed by atoms with van der Waals surface area (Å²) < 4.78 is 10.8. The minimum Gasteiger partial charge on any atom is -0.491 e. The molecule has 0 amide bonds. The van der Waals surface area contributed by atoms with Crippen molar-refractivity contribution in [1.29, 1.82) is 0 Å². The maximum Gasteiger partial charge on any atom is 0.338 e. The molecule has 0 aromatic heterocycles. The minimum absolute atomic E-state index is 0.117. The lowest BCUT2D eigenvalue weighted by atomic mass is 10.2. The largest absolute Gasteiger partial charge is 0.491 e. The second-order valence-corrected chi connectivity index (χ2v) is 4.75. The Morgan fingerprint density at radius 3 is 2.25 bits per heavy atom. The molecule has 0 N–H and O–H groups in total. The molecule has 2 aromatic carbocycles. The van der Waals surface area contributed by atoms with Gasteiger partial charge in [-0.25, -0.2) is 4.79 Å². The fourth-order valence-electron chi connectivity index (χ4n) is 1.75. The van der Waals surface area contributed by atoms with Gasteiger partial charge in [0.05, 0.1) is 11.7 Å². The standard InChI is InChI=1S/C17H18O3/c1-13(2)20-16-10-8-15(9-11-16)17(18)19-12-14-6-4-3-5-7-14/h3-11,13H,12H2,1-2H3. The smallest absolute Gasteiger partial charge is 0.338 e. The van der Waals surface area contributed by atoms with Crippen molar-refractivity contribution >= 4 is 5.97 Å². The summed E-state index contributed by atoms with van der Waals surface area (Å²) in [4.78, 5) is 11.9. The van der Waals surface area contributed by atoms with Crippen molar-refractivity contribution in [3.63, 3.8) is 0 Å². The number of carbonyl (C=O) groups is 1. The molecule has 0 bridgehead atoms. The lowest BCUT2D eigenvalue weighted by molar-refractivity contribution is 0.0472. The molecule has 0 heterocycles. The van der Waals surface area contributed by atoms with E-state index in [9.17, 15) is 4.79 Å². The summed E-state index contributed by atoms with van der Waals surface area (Å²) in [6, 6.07) is 16.6. The van der Waals surface area contributed by atoms with Gasteiger partial charge in [0.15, 0.2) is 0 Å². The highest BCUT2D eigenvalue weighted by atomic mass is 16.5. The first kappa shape index (κ1) is 14.1. The SMILES string of the molecule is CC(C)Oc1ccc(C(=O)OCc2ccccc2)cc1. The highest BCUT2D eigenvalue weighted by Gasteiger charge is 2.07. The van der Waals surface area contributed by atoms with E-state index in [1.165, 1.54) is 0 Å². The van der Waals surface area contributed by atoms with Gasteiger partial charge in [-0.1, -0.05) is 30.3 Å². The van der Waals surface area contributed by atoms with Crippen LogP contribution in [0.3, 0.4) is 0 Å². The maximum absolute atomic E-state index is 11.9. The summed E-state index contributed by atoms with van der Waals surface area (Å²) >= 11 is 0. The third kappa shape index (κ3) is 4.12. The molecule has 0 aliphatic carbocycles. The first-order valence-corrected chi connectivity index (χ1v) is 6.63. The summed E-state index contributed by atoms with van der Waals surface area (Å²) in [7, 11) is 0. The van der Waals surface area contributed by atoms with E-state index in [0.717, 1.165) is 11.3 Å². The van der Waals surface area contributed by atoms with Gasteiger partial charge in [-0.3, -0.25) is 0 Å². The Bertz CT molecular complexity index is 544. The van der Waals surface area contributed by atoms with Crippen LogP contribution in [0.25, 0.3) is 0 Å². The van der Waals surface area contributed by atoms with E-state index in [2.05, 4.69) is 0 Å². The van der Waals surface area contributed by atoms with Gasteiger partial charge in [-0.15, -0.1) is 0 Å². The van der Waals surface area contributed by atoms with Gasteiger partial charge < -0.3 is 9.47 Å². The molecule has 2 aromatic rings. The third-order valence-corrected chi connectivity index (χ3v) is 2.67. The second kappa shape index (κ2) is 6.75. The molecule has 0 radical (unpaired) electrons. The van der Waals surface area contributed by atoms with Crippen molar-refractivity contribution in [2.75, 3.05) is 0 Å². The number of benzene rings is 2. The van der Waals surface area contributed by atoms with Crippen LogP contribution in [0.15, 0.2) is 54.6 Å². The van der Waals surface area contributed by atoms with E-state index < -0.39 is 0 Å². The molecular weight excluding hydrogens is 252 g/mol. The number of ether oxygens (including phenoxy) is 2. The van der Waals surface area contributed by atoms with Crippen LogP contribution in [-0.2, 0) is 11.3 Å². The van der Waals surface area contributed by atoms with Crippen molar-refractivity contribution in [1.82, 2.24) is 0 Å². The second-order valence-electron chi connectivity index (χ2n) is 4.75. The highest BCUT2D eigenvalue weighted by molar-refractivity contribution is 5.89. The van der Waals surface area contributed by atoms with Gasteiger partial charge in [0, 0.05) is 0 Å². The summed E-state index contributed by atoms with van der Waals surface area (Å²) in [6.45, 7) is 4.20. The maximum atomic E-state index is 11.9. The van der Waals surface area contributed by atoms with E-state index in [4.69, 9.17) is 9.47 Å². The molecule has 0 atom stereocenters. The van der Waals surface area contributed by atoms with Crippen molar-refractivity contribution in [2.24, 2.45) is 0 Å². The van der Waals surface area contributed by atoms with Gasteiger partial charge in [0.25, 0.3) is 0 Å². The molecule has 0 aliphatic rings. The Morgan fingerprint density at radius 1 is 1.00 bits per heavy atom. The molecular formula is C17H18O3. The third-order valence-electron chi connectivity index (χ3n) is 2.67. The quantitative estimate of drug-likeness (QED) is 0.774. The lowest BCUT2D eigenvalue weighted by Crippen LogP contribution is -2.07. The average molecular weight is 270 g/mol. The van der Waals surface area contributed by atoms with E-state index >= 15 is 0 Å². The van der Waals surface area contributed by atoms with Gasteiger partial charge in [-0.2, -0.15) is 0 Å². The van der Waals surface area contributed by atoms with E-state index in [0.29, 0.717) is 5.56 Å². The first-order valence-electron chi connectivity index (χ1n) is 6.63. The van der Waals surface area contributed by atoms with E-state index in [1.54, 1.807) is 24.3 Å². The van der Waals surface area contributed by atoms with Crippen molar-refractivity contribution in [3.8, 4) is 5.75 Å². The van der Waals surface area contributed by atoms with Crippen LogP contribution >= 0.6 is 0 Å². The van der Waals surface area contributed by atoms with Crippen LogP contribution in [0, 0.1) is 0 Å². The highest BCUT2D eigenvalue weighted by Crippen LogP contribution is 2.15. The molecule has 3 heteroatoms. The summed E-state index contributed by atoms with van der Waals surface area (Å²) in [5.41, 5.74) is 1.50. The monoisotopic (exact) mass is 270 g/mol. The minimum atomic E-state index is -0.329.